The van der Waals surface area contributed by atoms with E-state index in [-0.39, 0.29) is 17.3 Å². The zero-order valence-electron chi connectivity index (χ0n) is 9.43. The lowest BCUT2D eigenvalue weighted by atomic mass is 9.93. The maximum Gasteiger partial charge on any atom is 0.241 e. The summed E-state index contributed by atoms with van der Waals surface area (Å²) in [5.74, 6) is 0.414. The van der Waals surface area contributed by atoms with Crippen LogP contribution in [0.25, 0.3) is 5.13 Å². The Morgan fingerprint density at radius 1 is 1.25 bits per heavy atom. The molecule has 0 aromatic carbocycles. The van der Waals surface area contributed by atoms with Crippen LogP contribution in [0.4, 0.5) is 11.9 Å². The zero-order valence-corrected chi connectivity index (χ0v) is 10.2. The van der Waals surface area contributed by atoms with Crippen LogP contribution in [-0.4, -0.2) is 19.7 Å². The highest BCUT2D eigenvalue weighted by Crippen LogP contribution is 2.26. The second-order valence-electron chi connectivity index (χ2n) is 4.51. The summed E-state index contributed by atoms with van der Waals surface area (Å²) in [6.45, 7) is 6.31. The third-order valence-electron chi connectivity index (χ3n) is 2.09. The molecule has 0 amide bonds. The Morgan fingerprint density at radius 2 is 1.94 bits per heavy atom. The number of nitrogen functional groups attached to an aromatic ring is 2. The first-order valence-electron chi connectivity index (χ1n) is 4.82. The molecular formula is C9H14N6S. The smallest absolute Gasteiger partial charge is 0.241 e. The Labute approximate surface area is 97.3 Å². The van der Waals surface area contributed by atoms with Gasteiger partial charge in [0.1, 0.15) is 0 Å². The van der Waals surface area contributed by atoms with E-state index in [0.717, 1.165) is 5.69 Å². The van der Waals surface area contributed by atoms with E-state index in [2.05, 4.69) is 35.8 Å². The van der Waals surface area contributed by atoms with Crippen LogP contribution in [0.3, 0.4) is 0 Å². The third kappa shape index (κ3) is 1.85. The van der Waals surface area contributed by atoms with Crippen molar-refractivity contribution in [3.63, 3.8) is 0 Å². The molecule has 0 saturated heterocycles. The molecule has 0 unspecified atom stereocenters. The predicted molar refractivity (Wildman–Crippen MR) is 64.6 cm³/mol. The van der Waals surface area contributed by atoms with E-state index < -0.39 is 0 Å². The number of aromatic nitrogens is 4. The molecule has 0 spiro atoms. The van der Waals surface area contributed by atoms with Crippen LogP contribution in [0.1, 0.15) is 26.5 Å². The van der Waals surface area contributed by atoms with Crippen molar-refractivity contribution in [1.82, 2.24) is 19.7 Å². The van der Waals surface area contributed by atoms with E-state index in [1.165, 1.54) is 16.0 Å². The highest BCUT2D eigenvalue weighted by atomic mass is 32.1. The van der Waals surface area contributed by atoms with Gasteiger partial charge in [0.15, 0.2) is 0 Å². The number of nitrogens with two attached hydrogens (primary N) is 2. The monoisotopic (exact) mass is 238 g/mol. The first-order valence-corrected chi connectivity index (χ1v) is 5.70. The van der Waals surface area contributed by atoms with Gasteiger partial charge < -0.3 is 11.5 Å². The Bertz CT molecular complexity index is 506. The van der Waals surface area contributed by atoms with Crippen LogP contribution in [0.2, 0.25) is 0 Å². The van der Waals surface area contributed by atoms with E-state index in [4.69, 9.17) is 11.5 Å². The fourth-order valence-corrected chi connectivity index (χ4v) is 2.20. The number of thiazole rings is 1. The average Bonchev–Trinajstić information content (AvgIpc) is 2.70. The third-order valence-corrected chi connectivity index (χ3v) is 2.91. The van der Waals surface area contributed by atoms with E-state index in [9.17, 15) is 0 Å². The Hall–Kier alpha value is -1.63. The maximum absolute atomic E-state index is 5.67. The summed E-state index contributed by atoms with van der Waals surface area (Å²) in [6.07, 6.45) is 0. The minimum atomic E-state index is 0.00956. The predicted octanol–water partition coefficient (Wildman–Crippen LogP) is 1.19. The van der Waals surface area contributed by atoms with Crippen molar-refractivity contribution in [1.29, 1.82) is 0 Å². The molecule has 0 atom stereocenters. The number of nitrogens with zero attached hydrogens (tertiary/aromatic N) is 4. The van der Waals surface area contributed by atoms with Crippen molar-refractivity contribution < 1.29 is 0 Å². The average molecular weight is 238 g/mol. The van der Waals surface area contributed by atoms with Gasteiger partial charge in [-0.1, -0.05) is 20.8 Å². The van der Waals surface area contributed by atoms with Crippen molar-refractivity contribution >= 4 is 23.2 Å². The molecule has 0 radical (unpaired) electrons. The van der Waals surface area contributed by atoms with Crippen LogP contribution in [0.15, 0.2) is 5.38 Å². The summed E-state index contributed by atoms with van der Waals surface area (Å²) in [5.41, 5.74) is 12.1. The molecule has 7 heteroatoms. The first-order chi connectivity index (χ1) is 7.38. The molecule has 2 heterocycles. The molecule has 0 aliphatic rings. The Kier molecular flexibility index (Phi) is 2.34. The fraction of sp³-hybridized carbons (Fsp3) is 0.444. The van der Waals surface area contributed by atoms with Crippen LogP contribution in [0, 0.1) is 0 Å². The molecule has 2 rings (SSSR count). The molecule has 16 heavy (non-hydrogen) atoms. The van der Waals surface area contributed by atoms with Gasteiger partial charge in [-0.05, 0) is 0 Å². The van der Waals surface area contributed by atoms with Gasteiger partial charge in [0.2, 0.25) is 17.0 Å². The Morgan fingerprint density at radius 3 is 2.38 bits per heavy atom. The summed E-state index contributed by atoms with van der Waals surface area (Å²) in [4.78, 5) is 8.30. The minimum absolute atomic E-state index is 0.00956. The molecule has 2 aromatic heterocycles. The van der Waals surface area contributed by atoms with E-state index in [1.54, 1.807) is 0 Å². The van der Waals surface area contributed by atoms with Gasteiger partial charge in [-0.15, -0.1) is 16.4 Å². The molecule has 86 valence electrons. The molecule has 0 aliphatic carbocycles. The van der Waals surface area contributed by atoms with Gasteiger partial charge in [-0.3, -0.25) is 0 Å². The van der Waals surface area contributed by atoms with Crippen LogP contribution < -0.4 is 11.5 Å². The number of anilines is 2. The lowest BCUT2D eigenvalue weighted by molar-refractivity contribution is 0.571. The van der Waals surface area contributed by atoms with Gasteiger partial charge >= 0.3 is 0 Å². The summed E-state index contributed by atoms with van der Waals surface area (Å²) < 4.78 is 1.45. The lowest BCUT2D eigenvalue weighted by Gasteiger charge is -2.13. The van der Waals surface area contributed by atoms with Gasteiger partial charge in [-0.2, -0.15) is 9.67 Å². The maximum atomic E-state index is 5.67. The van der Waals surface area contributed by atoms with Crippen molar-refractivity contribution in [2.75, 3.05) is 11.5 Å². The van der Waals surface area contributed by atoms with E-state index in [0.29, 0.717) is 5.13 Å². The highest BCUT2D eigenvalue weighted by molar-refractivity contribution is 7.12. The summed E-state index contributed by atoms with van der Waals surface area (Å²) in [7, 11) is 0. The lowest BCUT2D eigenvalue weighted by Crippen LogP contribution is -2.12. The van der Waals surface area contributed by atoms with Gasteiger partial charge in [0, 0.05) is 10.8 Å². The quantitative estimate of drug-likeness (QED) is 0.778. The Balaban J connectivity index is 2.43. The second kappa shape index (κ2) is 3.44. The van der Waals surface area contributed by atoms with Gasteiger partial charge in [0.05, 0.1) is 5.69 Å². The molecule has 0 fully saturated rings. The van der Waals surface area contributed by atoms with Crippen LogP contribution >= 0.6 is 11.3 Å². The van der Waals surface area contributed by atoms with Gasteiger partial charge in [0.25, 0.3) is 0 Å². The summed E-state index contributed by atoms with van der Waals surface area (Å²) in [6, 6.07) is 0. The molecule has 4 N–H and O–H groups in total. The highest BCUT2D eigenvalue weighted by Gasteiger charge is 2.19. The SMILES string of the molecule is CC(C)(C)c1csc(-n2nc(N)nc2N)n1. The molecule has 0 aliphatic heterocycles. The number of hydrogen-bond donors (Lipinski definition) is 2. The molecule has 2 aromatic rings. The number of rotatable bonds is 1. The van der Waals surface area contributed by atoms with Gasteiger partial charge in [-0.25, -0.2) is 4.98 Å². The summed E-state index contributed by atoms with van der Waals surface area (Å²) in [5, 5.41) is 6.66. The van der Waals surface area contributed by atoms with E-state index in [1.807, 2.05) is 5.38 Å². The van der Waals surface area contributed by atoms with Crippen molar-refractivity contribution in [2.24, 2.45) is 0 Å². The molecule has 0 bridgehead atoms. The van der Waals surface area contributed by atoms with Crippen LogP contribution in [0.5, 0.6) is 0 Å². The second-order valence-corrected chi connectivity index (χ2v) is 5.34. The van der Waals surface area contributed by atoms with Crippen molar-refractivity contribution in [3.05, 3.63) is 11.1 Å². The van der Waals surface area contributed by atoms with E-state index >= 15 is 0 Å². The normalized spacial score (nSPS) is 11.9. The van der Waals surface area contributed by atoms with Crippen molar-refractivity contribution in [2.45, 2.75) is 26.2 Å². The largest absolute Gasteiger partial charge is 0.368 e. The first kappa shape index (κ1) is 10.9. The number of hydrogen-bond acceptors (Lipinski definition) is 6. The molecular weight excluding hydrogens is 224 g/mol. The standard InChI is InChI=1S/C9H14N6S/c1-9(2,3)5-4-16-8(12-5)15-7(11)13-6(10)14-15/h4H,1-3H3,(H4,10,11,13,14). The van der Waals surface area contributed by atoms with Crippen LogP contribution in [-0.2, 0) is 5.41 Å². The van der Waals surface area contributed by atoms with Crippen molar-refractivity contribution in [3.8, 4) is 5.13 Å². The minimum Gasteiger partial charge on any atom is -0.368 e. The summed E-state index contributed by atoms with van der Waals surface area (Å²) >= 11 is 1.47. The zero-order chi connectivity index (χ0) is 11.9. The molecule has 6 nitrogen and oxygen atoms in total. The fourth-order valence-electron chi connectivity index (χ4n) is 1.19. The topological polar surface area (TPSA) is 95.6 Å². The molecule has 0 saturated carbocycles.